The molecule has 0 aliphatic rings. The maximum Gasteiger partial charge on any atom is 0.508 e. The van der Waals surface area contributed by atoms with E-state index in [1.807, 2.05) is 0 Å². The van der Waals surface area contributed by atoms with E-state index < -0.39 is 12.3 Å². The number of hydrogen-bond acceptors (Lipinski definition) is 6. The predicted octanol–water partition coefficient (Wildman–Crippen LogP) is 2.68. The first-order valence-electron chi connectivity index (χ1n) is 4.66. The van der Waals surface area contributed by atoms with Crippen molar-refractivity contribution in [3.8, 4) is 0 Å². The molecule has 6 nitrogen and oxygen atoms in total. The molecule has 0 aromatic carbocycles. The van der Waals surface area contributed by atoms with Gasteiger partial charge in [0.2, 0.25) is 0 Å². The Morgan fingerprint density at radius 3 is 1.47 bits per heavy atom. The molecule has 0 amide bonds. The van der Waals surface area contributed by atoms with Crippen LogP contribution in [0.15, 0.2) is 12.9 Å². The first-order chi connectivity index (χ1) is 8.03. The zero-order valence-corrected chi connectivity index (χ0v) is 10.5. The lowest BCUT2D eigenvalue weighted by Crippen LogP contribution is -2.05. The maximum absolute atomic E-state index is 10.2. The van der Waals surface area contributed by atoms with Crippen molar-refractivity contribution in [1.82, 2.24) is 0 Å². The van der Waals surface area contributed by atoms with Gasteiger partial charge in [0.05, 0.1) is 33.8 Å². The molecule has 0 saturated carbocycles. The molecule has 0 bridgehead atoms. The largest absolute Gasteiger partial charge is 0.508 e. The molecule has 0 atom stereocenters. The molecule has 0 spiro atoms. The van der Waals surface area contributed by atoms with Gasteiger partial charge in [-0.15, -0.1) is 0 Å². The molecule has 0 saturated heterocycles. The van der Waals surface area contributed by atoms with Gasteiger partial charge in [0.1, 0.15) is 0 Å². The van der Waals surface area contributed by atoms with Crippen LogP contribution in [0.3, 0.4) is 0 Å². The highest BCUT2D eigenvalue weighted by Crippen LogP contribution is 1.81. The standard InChI is InChI=1S/C5H10O3.C3H6O3.C2H3F/c1-3-7-5(6)8-4-2;1-5-3(4)6-2;1-2-3/h3-4H2,1-2H3;1-2H3;2H,1H2. The number of carbonyl (C=O) groups is 2. The smallest absolute Gasteiger partial charge is 0.438 e. The highest BCUT2D eigenvalue weighted by Gasteiger charge is 1.96. The normalized spacial score (nSPS) is 7.12. The average molecular weight is 254 g/mol. The summed E-state index contributed by atoms with van der Waals surface area (Å²) in [5.41, 5.74) is 0. The van der Waals surface area contributed by atoms with Crippen molar-refractivity contribution in [2.45, 2.75) is 13.8 Å². The third-order valence-corrected chi connectivity index (χ3v) is 0.858. The van der Waals surface area contributed by atoms with Crippen LogP contribution in [0.1, 0.15) is 13.8 Å². The summed E-state index contributed by atoms with van der Waals surface area (Å²) in [5.74, 6) is 0. The first kappa shape index (κ1) is 20.6. The van der Waals surface area contributed by atoms with Crippen LogP contribution < -0.4 is 0 Å². The second-order valence-corrected chi connectivity index (χ2v) is 1.93. The second-order valence-electron chi connectivity index (χ2n) is 1.93. The summed E-state index contributed by atoms with van der Waals surface area (Å²) in [6.07, 6.45) is -0.995. The number of hydrogen-bond donors (Lipinski definition) is 0. The van der Waals surface area contributed by atoms with Gasteiger partial charge >= 0.3 is 12.3 Å². The Morgan fingerprint density at radius 1 is 1.06 bits per heavy atom. The van der Waals surface area contributed by atoms with Gasteiger partial charge in [-0.2, -0.15) is 0 Å². The lowest BCUT2D eigenvalue weighted by Gasteiger charge is -1.98. The first-order valence-corrected chi connectivity index (χ1v) is 4.66. The summed E-state index contributed by atoms with van der Waals surface area (Å²) in [6.45, 7) is 6.91. The van der Waals surface area contributed by atoms with E-state index >= 15 is 0 Å². The monoisotopic (exact) mass is 254 g/mol. The van der Waals surface area contributed by atoms with Gasteiger partial charge in [0.15, 0.2) is 0 Å². The van der Waals surface area contributed by atoms with Crippen molar-refractivity contribution < 1.29 is 32.9 Å². The van der Waals surface area contributed by atoms with Gasteiger partial charge in [-0.1, -0.05) is 6.58 Å². The van der Waals surface area contributed by atoms with E-state index in [1.165, 1.54) is 14.2 Å². The van der Waals surface area contributed by atoms with Crippen LogP contribution in [-0.4, -0.2) is 39.7 Å². The van der Waals surface area contributed by atoms with E-state index in [0.717, 1.165) is 0 Å². The minimum atomic E-state index is -0.657. The fraction of sp³-hybridized carbons (Fsp3) is 0.600. The summed E-state index contributed by atoms with van der Waals surface area (Å²) in [7, 11) is 2.51. The summed E-state index contributed by atoms with van der Waals surface area (Å²) in [5, 5.41) is 0. The molecule has 0 aromatic heterocycles. The van der Waals surface area contributed by atoms with E-state index in [-0.39, 0.29) is 6.33 Å². The van der Waals surface area contributed by atoms with Crippen molar-refractivity contribution in [2.24, 2.45) is 0 Å². The van der Waals surface area contributed by atoms with Gasteiger partial charge < -0.3 is 18.9 Å². The van der Waals surface area contributed by atoms with E-state index in [0.29, 0.717) is 13.2 Å². The van der Waals surface area contributed by atoms with Crippen molar-refractivity contribution in [1.29, 1.82) is 0 Å². The summed E-state index contributed by atoms with van der Waals surface area (Å²) in [6, 6.07) is 0. The van der Waals surface area contributed by atoms with E-state index in [9.17, 15) is 14.0 Å². The topological polar surface area (TPSA) is 71.1 Å². The summed E-state index contributed by atoms with van der Waals surface area (Å²) < 4.78 is 27.0. The Morgan fingerprint density at radius 2 is 1.35 bits per heavy atom. The minimum absolute atomic E-state index is 0.250. The quantitative estimate of drug-likeness (QED) is 0.705. The van der Waals surface area contributed by atoms with Gasteiger partial charge in [-0.05, 0) is 13.8 Å². The highest BCUT2D eigenvalue weighted by atomic mass is 19.1. The minimum Gasteiger partial charge on any atom is -0.438 e. The Bertz CT molecular complexity index is 181. The zero-order valence-electron chi connectivity index (χ0n) is 10.5. The van der Waals surface area contributed by atoms with Gasteiger partial charge in [0, 0.05) is 0 Å². The SMILES string of the molecule is C=CF.CCOC(=O)OCC.COC(=O)OC. The lowest BCUT2D eigenvalue weighted by atomic mass is 10.8. The van der Waals surface area contributed by atoms with Gasteiger partial charge in [-0.25, -0.2) is 14.0 Å². The molecule has 0 N–H and O–H groups in total. The highest BCUT2D eigenvalue weighted by molar-refractivity contribution is 5.59. The van der Waals surface area contributed by atoms with Crippen LogP contribution in [0.4, 0.5) is 14.0 Å². The van der Waals surface area contributed by atoms with Gasteiger partial charge in [0.25, 0.3) is 0 Å². The number of carbonyl (C=O) groups excluding carboxylic acids is 2. The van der Waals surface area contributed by atoms with Crippen molar-refractivity contribution in [2.75, 3.05) is 27.4 Å². The lowest BCUT2D eigenvalue weighted by molar-refractivity contribution is 0.0630. The van der Waals surface area contributed by atoms with E-state index in [4.69, 9.17) is 0 Å². The fourth-order valence-electron chi connectivity index (χ4n) is 0.361. The van der Waals surface area contributed by atoms with Gasteiger partial charge in [-0.3, -0.25) is 0 Å². The molecule has 0 heterocycles. The van der Waals surface area contributed by atoms with Crippen LogP contribution in [0.5, 0.6) is 0 Å². The number of methoxy groups -OCH3 is 2. The van der Waals surface area contributed by atoms with E-state index in [1.54, 1.807) is 13.8 Å². The maximum atomic E-state index is 10.2. The van der Waals surface area contributed by atoms with Crippen molar-refractivity contribution >= 4 is 12.3 Å². The molecular formula is C10H19FO6. The molecule has 0 aromatic rings. The third-order valence-electron chi connectivity index (χ3n) is 0.858. The summed E-state index contributed by atoms with van der Waals surface area (Å²) in [4.78, 5) is 19.9. The number of halogens is 1. The van der Waals surface area contributed by atoms with Crippen LogP contribution in [0.25, 0.3) is 0 Å². The molecule has 0 rings (SSSR count). The molecule has 0 unspecified atom stereocenters. The Kier molecular flexibility index (Phi) is 23.9. The summed E-state index contributed by atoms with van der Waals surface area (Å²) >= 11 is 0. The molecule has 0 radical (unpaired) electrons. The Labute approximate surface area is 100 Å². The van der Waals surface area contributed by atoms with Crippen LogP contribution >= 0.6 is 0 Å². The van der Waals surface area contributed by atoms with Crippen LogP contribution in [0, 0.1) is 0 Å². The fourth-order valence-corrected chi connectivity index (χ4v) is 0.361. The molecule has 102 valence electrons. The molecule has 0 fully saturated rings. The Balaban J connectivity index is -0.000000193. The van der Waals surface area contributed by atoms with Crippen LogP contribution in [0.2, 0.25) is 0 Å². The second kappa shape index (κ2) is 19.7. The third kappa shape index (κ3) is 31.4. The van der Waals surface area contributed by atoms with E-state index in [2.05, 4.69) is 25.5 Å². The molecule has 0 aliphatic carbocycles. The number of ether oxygens (including phenoxy) is 4. The average Bonchev–Trinajstić information content (AvgIpc) is 2.30. The zero-order chi connectivity index (χ0) is 14.1. The molecular weight excluding hydrogens is 235 g/mol. The van der Waals surface area contributed by atoms with Crippen molar-refractivity contribution in [3.63, 3.8) is 0 Å². The predicted molar refractivity (Wildman–Crippen MR) is 59.4 cm³/mol. The molecule has 7 heteroatoms. The molecule has 0 aliphatic heterocycles. The number of rotatable bonds is 2. The Hall–Kier alpha value is -1.79. The molecule has 17 heavy (non-hydrogen) atoms. The van der Waals surface area contributed by atoms with Crippen LogP contribution in [-0.2, 0) is 18.9 Å². The van der Waals surface area contributed by atoms with Crippen molar-refractivity contribution in [3.05, 3.63) is 12.9 Å².